The molecule has 0 unspecified atom stereocenters. The highest BCUT2D eigenvalue weighted by Crippen LogP contribution is 2.29. The Labute approximate surface area is 149 Å². The summed E-state index contributed by atoms with van der Waals surface area (Å²) in [7, 11) is 0. The van der Waals surface area contributed by atoms with Crippen LogP contribution in [0.3, 0.4) is 0 Å². The molecule has 0 aliphatic heterocycles. The molecule has 0 radical (unpaired) electrons. The number of hydrogen-bond acceptors (Lipinski definition) is 6. The lowest BCUT2D eigenvalue weighted by molar-refractivity contribution is 0.0529. The third-order valence-electron chi connectivity index (χ3n) is 4.16. The van der Waals surface area contributed by atoms with Crippen molar-refractivity contribution in [3.05, 3.63) is 59.9 Å². The molecule has 0 spiro atoms. The Bertz CT molecular complexity index is 1110. The molecule has 1 aromatic carbocycles. The van der Waals surface area contributed by atoms with E-state index in [0.717, 1.165) is 11.1 Å². The molecule has 0 aliphatic rings. The second kappa shape index (κ2) is 6.44. The van der Waals surface area contributed by atoms with E-state index in [-0.39, 0.29) is 12.2 Å². The van der Waals surface area contributed by atoms with Gasteiger partial charge in [0.2, 0.25) is 0 Å². The topological polar surface area (TPSA) is 95.9 Å². The Kier molecular flexibility index (Phi) is 3.96. The smallest absolute Gasteiger partial charge is 0.344 e. The van der Waals surface area contributed by atoms with Crippen LogP contribution in [-0.2, 0) is 11.3 Å². The number of pyridine rings is 1. The highest BCUT2D eigenvalue weighted by molar-refractivity contribution is 6.08. The van der Waals surface area contributed by atoms with Crippen LogP contribution in [0.25, 0.3) is 22.2 Å². The molecule has 0 saturated heterocycles. The van der Waals surface area contributed by atoms with Gasteiger partial charge in [-0.25, -0.2) is 14.8 Å². The number of hydrogen-bond donors (Lipinski definition) is 1. The van der Waals surface area contributed by atoms with Crippen molar-refractivity contribution in [3.8, 4) is 0 Å². The van der Waals surface area contributed by atoms with Crippen LogP contribution in [0.5, 0.6) is 0 Å². The fourth-order valence-corrected chi connectivity index (χ4v) is 2.95. The summed E-state index contributed by atoms with van der Waals surface area (Å²) < 4.78 is 6.97. The number of carbonyl (C=O) groups is 1. The number of anilines is 1. The van der Waals surface area contributed by atoms with Crippen LogP contribution in [0.15, 0.2) is 48.8 Å². The molecular formula is C19H17N5O2. The van der Waals surface area contributed by atoms with E-state index in [0.29, 0.717) is 29.0 Å². The predicted molar refractivity (Wildman–Crippen MR) is 98.7 cm³/mol. The molecule has 3 aromatic heterocycles. The summed E-state index contributed by atoms with van der Waals surface area (Å²) in [5, 5.41) is 0. The number of para-hydroxylation sites is 2. The lowest BCUT2D eigenvalue weighted by Gasteiger charge is -2.08. The van der Waals surface area contributed by atoms with E-state index in [9.17, 15) is 4.79 Å². The van der Waals surface area contributed by atoms with Gasteiger partial charge in [-0.15, -0.1) is 0 Å². The summed E-state index contributed by atoms with van der Waals surface area (Å²) in [6.07, 6.45) is 3.43. The molecule has 4 aromatic rings. The number of fused-ring (bicyclic) bond motifs is 2. The average molecular weight is 347 g/mol. The molecular weight excluding hydrogens is 330 g/mol. The summed E-state index contributed by atoms with van der Waals surface area (Å²) >= 11 is 0. The van der Waals surface area contributed by atoms with Crippen molar-refractivity contribution in [2.24, 2.45) is 0 Å². The van der Waals surface area contributed by atoms with Crippen molar-refractivity contribution >= 4 is 34.0 Å². The molecule has 0 aliphatic carbocycles. The number of nitrogens with zero attached hydrogens (tertiary/aromatic N) is 4. The number of esters is 1. The maximum Gasteiger partial charge on any atom is 0.344 e. The second-order valence-electron chi connectivity index (χ2n) is 5.81. The van der Waals surface area contributed by atoms with Crippen molar-refractivity contribution in [2.45, 2.75) is 13.5 Å². The van der Waals surface area contributed by atoms with Crippen molar-refractivity contribution in [1.82, 2.24) is 19.5 Å². The molecule has 26 heavy (non-hydrogen) atoms. The first-order valence-corrected chi connectivity index (χ1v) is 8.29. The Hall–Kier alpha value is -3.48. The minimum absolute atomic E-state index is 0.258. The number of ether oxygens (including phenoxy) is 1. The van der Waals surface area contributed by atoms with E-state index >= 15 is 0 Å². The van der Waals surface area contributed by atoms with Gasteiger partial charge >= 0.3 is 5.97 Å². The van der Waals surface area contributed by atoms with Crippen LogP contribution in [0.4, 0.5) is 5.82 Å². The van der Waals surface area contributed by atoms with Crippen LogP contribution < -0.4 is 5.73 Å². The summed E-state index contributed by atoms with van der Waals surface area (Å²) in [5.41, 5.74) is 10.0. The first kappa shape index (κ1) is 16.0. The zero-order valence-electron chi connectivity index (χ0n) is 14.2. The third-order valence-corrected chi connectivity index (χ3v) is 4.16. The van der Waals surface area contributed by atoms with Gasteiger partial charge in [-0.3, -0.25) is 4.98 Å². The number of benzene rings is 1. The number of rotatable bonds is 4. The second-order valence-corrected chi connectivity index (χ2v) is 5.81. The average Bonchev–Trinajstić information content (AvgIpc) is 2.92. The van der Waals surface area contributed by atoms with Crippen LogP contribution >= 0.6 is 0 Å². The number of nitrogen functional groups attached to an aromatic ring is 1. The Morgan fingerprint density at radius 3 is 2.50 bits per heavy atom. The maximum atomic E-state index is 12.5. The third kappa shape index (κ3) is 2.63. The monoisotopic (exact) mass is 347 g/mol. The first-order chi connectivity index (χ1) is 12.7. The molecule has 0 fully saturated rings. The van der Waals surface area contributed by atoms with Crippen LogP contribution in [-0.4, -0.2) is 32.1 Å². The Morgan fingerprint density at radius 2 is 1.81 bits per heavy atom. The van der Waals surface area contributed by atoms with E-state index in [1.807, 2.05) is 36.4 Å². The number of nitrogens with two attached hydrogens (primary N) is 1. The maximum absolute atomic E-state index is 12.5. The van der Waals surface area contributed by atoms with E-state index < -0.39 is 5.97 Å². The Morgan fingerprint density at radius 1 is 1.12 bits per heavy atom. The molecule has 0 saturated carbocycles. The van der Waals surface area contributed by atoms with E-state index in [1.165, 1.54) is 0 Å². The van der Waals surface area contributed by atoms with Crippen molar-refractivity contribution in [1.29, 1.82) is 0 Å². The molecule has 0 bridgehead atoms. The number of aromatic nitrogens is 4. The molecule has 7 nitrogen and oxygen atoms in total. The standard InChI is InChI=1S/C19H17N5O2/c1-2-26-19(25)15-16-18(23-14-6-4-3-5-13(14)22-16)24(17(15)20)11-12-7-9-21-10-8-12/h3-10H,2,11,20H2,1H3. The van der Waals surface area contributed by atoms with Gasteiger partial charge in [0.1, 0.15) is 16.9 Å². The molecule has 130 valence electrons. The largest absolute Gasteiger partial charge is 0.462 e. The fraction of sp³-hybridized carbons (Fsp3) is 0.158. The lowest BCUT2D eigenvalue weighted by atomic mass is 10.2. The minimum atomic E-state index is -0.493. The highest BCUT2D eigenvalue weighted by Gasteiger charge is 2.24. The van der Waals surface area contributed by atoms with Gasteiger partial charge in [0.05, 0.1) is 24.2 Å². The van der Waals surface area contributed by atoms with Crippen LogP contribution in [0.2, 0.25) is 0 Å². The van der Waals surface area contributed by atoms with E-state index in [1.54, 1.807) is 23.9 Å². The van der Waals surface area contributed by atoms with Gasteiger partial charge in [-0.1, -0.05) is 12.1 Å². The van der Waals surface area contributed by atoms with Gasteiger partial charge in [0.25, 0.3) is 0 Å². The van der Waals surface area contributed by atoms with Gasteiger partial charge in [-0.2, -0.15) is 0 Å². The summed E-state index contributed by atoms with van der Waals surface area (Å²) in [4.78, 5) is 25.8. The lowest BCUT2D eigenvalue weighted by Crippen LogP contribution is -2.10. The van der Waals surface area contributed by atoms with Crippen LogP contribution in [0.1, 0.15) is 22.8 Å². The van der Waals surface area contributed by atoms with Gasteiger partial charge in [0, 0.05) is 12.4 Å². The van der Waals surface area contributed by atoms with Gasteiger partial charge in [0.15, 0.2) is 5.65 Å². The SMILES string of the molecule is CCOC(=O)c1c(N)n(Cc2ccncc2)c2nc3ccccc3nc12. The quantitative estimate of drug-likeness (QED) is 0.570. The summed E-state index contributed by atoms with van der Waals surface area (Å²) in [5.74, 6) is -0.196. The van der Waals surface area contributed by atoms with Crippen molar-refractivity contribution in [3.63, 3.8) is 0 Å². The molecule has 2 N–H and O–H groups in total. The molecule has 3 heterocycles. The highest BCUT2D eigenvalue weighted by atomic mass is 16.5. The number of carbonyl (C=O) groups excluding carboxylic acids is 1. The molecule has 4 rings (SSSR count). The Balaban J connectivity index is 1.98. The fourth-order valence-electron chi connectivity index (χ4n) is 2.95. The van der Waals surface area contributed by atoms with Crippen molar-refractivity contribution in [2.75, 3.05) is 12.3 Å². The van der Waals surface area contributed by atoms with Crippen molar-refractivity contribution < 1.29 is 9.53 Å². The predicted octanol–water partition coefficient (Wildman–Crippen LogP) is 2.79. The summed E-state index contributed by atoms with van der Waals surface area (Å²) in [6, 6.07) is 11.3. The normalized spacial score (nSPS) is 11.1. The molecule has 0 amide bonds. The molecule has 7 heteroatoms. The molecule has 0 atom stereocenters. The van der Waals surface area contributed by atoms with Crippen LogP contribution in [0, 0.1) is 0 Å². The zero-order valence-corrected chi connectivity index (χ0v) is 14.2. The van der Waals surface area contributed by atoms with Gasteiger partial charge < -0.3 is 15.0 Å². The first-order valence-electron chi connectivity index (χ1n) is 8.29. The van der Waals surface area contributed by atoms with E-state index in [4.69, 9.17) is 15.5 Å². The minimum Gasteiger partial charge on any atom is -0.462 e. The van der Waals surface area contributed by atoms with Gasteiger partial charge in [-0.05, 0) is 36.8 Å². The van der Waals surface area contributed by atoms with E-state index in [2.05, 4.69) is 9.97 Å². The summed E-state index contributed by atoms with van der Waals surface area (Å²) in [6.45, 7) is 2.47. The zero-order chi connectivity index (χ0) is 18.1.